The SMILES string of the molecule is CCCCCCCCNS(=O)(=O)c1ccccc1[N+](=O)[O-]. The Hall–Kier alpha value is -1.47. The molecule has 6 nitrogen and oxygen atoms in total. The van der Waals surface area contributed by atoms with Gasteiger partial charge in [-0.25, -0.2) is 13.1 Å². The molecule has 0 aliphatic heterocycles. The molecule has 0 bridgehead atoms. The molecule has 1 aromatic rings. The summed E-state index contributed by atoms with van der Waals surface area (Å²) in [5.74, 6) is 0. The summed E-state index contributed by atoms with van der Waals surface area (Å²) in [5, 5.41) is 10.9. The first-order valence-electron chi connectivity index (χ1n) is 7.22. The zero-order chi connectivity index (χ0) is 15.7. The molecule has 7 heteroatoms. The molecular formula is C14H22N2O4S. The fraction of sp³-hybridized carbons (Fsp3) is 0.571. The van der Waals surface area contributed by atoms with Crippen molar-refractivity contribution in [2.45, 2.75) is 50.3 Å². The zero-order valence-corrected chi connectivity index (χ0v) is 13.1. The van der Waals surface area contributed by atoms with Crippen molar-refractivity contribution in [1.82, 2.24) is 4.72 Å². The van der Waals surface area contributed by atoms with Crippen LogP contribution in [0.3, 0.4) is 0 Å². The maximum absolute atomic E-state index is 12.1. The largest absolute Gasteiger partial charge is 0.289 e. The predicted octanol–water partition coefficient (Wildman–Crippen LogP) is 3.23. The molecule has 0 atom stereocenters. The Morgan fingerprint density at radius 3 is 2.38 bits per heavy atom. The molecular weight excluding hydrogens is 292 g/mol. The highest BCUT2D eigenvalue weighted by molar-refractivity contribution is 7.89. The van der Waals surface area contributed by atoms with Gasteiger partial charge in [0.25, 0.3) is 5.69 Å². The number of nitrogens with one attached hydrogen (secondary N) is 1. The highest BCUT2D eigenvalue weighted by atomic mass is 32.2. The maximum atomic E-state index is 12.1. The van der Waals surface area contributed by atoms with Crippen LogP contribution >= 0.6 is 0 Å². The van der Waals surface area contributed by atoms with Crippen LogP contribution in [0.2, 0.25) is 0 Å². The number of nitro groups is 1. The van der Waals surface area contributed by atoms with Crippen LogP contribution in [-0.4, -0.2) is 19.9 Å². The first-order valence-corrected chi connectivity index (χ1v) is 8.70. The van der Waals surface area contributed by atoms with Gasteiger partial charge in [0, 0.05) is 12.6 Å². The lowest BCUT2D eigenvalue weighted by Gasteiger charge is -2.07. The van der Waals surface area contributed by atoms with Gasteiger partial charge >= 0.3 is 0 Å². The number of unbranched alkanes of at least 4 members (excludes halogenated alkanes) is 5. The lowest BCUT2D eigenvalue weighted by molar-refractivity contribution is -0.387. The van der Waals surface area contributed by atoms with Crippen molar-refractivity contribution in [3.8, 4) is 0 Å². The average molecular weight is 314 g/mol. The molecule has 1 rings (SSSR count). The zero-order valence-electron chi connectivity index (χ0n) is 12.2. The molecule has 0 aliphatic rings. The number of hydrogen-bond donors (Lipinski definition) is 1. The molecule has 0 radical (unpaired) electrons. The van der Waals surface area contributed by atoms with Gasteiger partial charge in [-0.2, -0.15) is 0 Å². The molecule has 118 valence electrons. The molecule has 1 aromatic carbocycles. The smallest absolute Gasteiger partial charge is 0.258 e. The van der Waals surface area contributed by atoms with E-state index in [4.69, 9.17) is 0 Å². The first kappa shape index (κ1) is 17.6. The van der Waals surface area contributed by atoms with Crippen LogP contribution in [0.1, 0.15) is 45.4 Å². The third kappa shape index (κ3) is 5.81. The van der Waals surface area contributed by atoms with Crippen LogP contribution in [0, 0.1) is 10.1 Å². The Labute approximate surface area is 125 Å². The van der Waals surface area contributed by atoms with Gasteiger partial charge in [-0.1, -0.05) is 51.2 Å². The van der Waals surface area contributed by atoms with E-state index in [1.807, 2.05) is 0 Å². The number of benzene rings is 1. The minimum Gasteiger partial charge on any atom is -0.258 e. The number of hydrogen-bond acceptors (Lipinski definition) is 4. The summed E-state index contributed by atoms with van der Waals surface area (Å²) in [5.41, 5.74) is -0.395. The Morgan fingerprint density at radius 1 is 1.10 bits per heavy atom. The number of para-hydroxylation sites is 1. The van der Waals surface area contributed by atoms with Gasteiger partial charge in [-0.15, -0.1) is 0 Å². The highest BCUT2D eigenvalue weighted by Gasteiger charge is 2.24. The standard InChI is InChI=1S/C14H22N2O4S/c1-2-3-4-5-6-9-12-15-21(19,20)14-11-8-7-10-13(14)16(17)18/h7-8,10-11,15H,2-6,9,12H2,1H3. The van der Waals surface area contributed by atoms with Crippen molar-refractivity contribution in [2.75, 3.05) is 6.54 Å². The second-order valence-corrected chi connectivity index (χ2v) is 6.63. The fourth-order valence-electron chi connectivity index (χ4n) is 2.02. The molecule has 1 N–H and O–H groups in total. The number of sulfonamides is 1. The van der Waals surface area contributed by atoms with E-state index >= 15 is 0 Å². The van der Waals surface area contributed by atoms with Crippen LogP contribution in [-0.2, 0) is 10.0 Å². The van der Waals surface area contributed by atoms with Gasteiger partial charge in [-0.05, 0) is 12.5 Å². The summed E-state index contributed by atoms with van der Waals surface area (Å²) in [6.07, 6.45) is 6.31. The van der Waals surface area contributed by atoms with Crippen molar-refractivity contribution in [3.63, 3.8) is 0 Å². The van der Waals surface area contributed by atoms with Crippen molar-refractivity contribution < 1.29 is 13.3 Å². The predicted molar refractivity (Wildman–Crippen MR) is 81.7 cm³/mol. The van der Waals surface area contributed by atoms with E-state index in [9.17, 15) is 18.5 Å². The molecule has 0 amide bonds. The summed E-state index contributed by atoms with van der Waals surface area (Å²) in [7, 11) is -3.83. The summed E-state index contributed by atoms with van der Waals surface area (Å²) in [4.78, 5) is 9.90. The van der Waals surface area contributed by atoms with Crippen molar-refractivity contribution >= 4 is 15.7 Å². The summed E-state index contributed by atoms with van der Waals surface area (Å²) < 4.78 is 26.6. The molecule has 0 aliphatic carbocycles. The quantitative estimate of drug-likeness (QED) is 0.408. The van der Waals surface area contributed by atoms with Gasteiger partial charge in [0.15, 0.2) is 4.90 Å². The van der Waals surface area contributed by atoms with E-state index < -0.39 is 20.6 Å². The molecule has 21 heavy (non-hydrogen) atoms. The molecule has 0 saturated carbocycles. The molecule has 0 saturated heterocycles. The van der Waals surface area contributed by atoms with Crippen molar-refractivity contribution in [1.29, 1.82) is 0 Å². The third-order valence-electron chi connectivity index (χ3n) is 3.17. The van der Waals surface area contributed by atoms with E-state index in [1.54, 1.807) is 0 Å². The lowest BCUT2D eigenvalue weighted by atomic mass is 10.1. The number of nitro benzene ring substituents is 1. The highest BCUT2D eigenvalue weighted by Crippen LogP contribution is 2.22. The van der Waals surface area contributed by atoms with Gasteiger partial charge in [-0.3, -0.25) is 10.1 Å². The summed E-state index contributed by atoms with van der Waals surface area (Å²) in [6.45, 7) is 2.45. The Balaban J connectivity index is 2.53. The van der Waals surface area contributed by atoms with Crippen LogP contribution in [0.4, 0.5) is 5.69 Å². The first-order chi connectivity index (χ1) is 9.99. The second kappa shape index (κ2) is 8.74. The van der Waals surface area contributed by atoms with E-state index in [0.717, 1.165) is 25.7 Å². The Bertz CT molecular complexity index is 558. The Morgan fingerprint density at radius 2 is 1.71 bits per heavy atom. The van der Waals surface area contributed by atoms with E-state index in [0.29, 0.717) is 6.54 Å². The maximum Gasteiger partial charge on any atom is 0.289 e. The second-order valence-electron chi connectivity index (χ2n) is 4.89. The van der Waals surface area contributed by atoms with Gasteiger partial charge in [0.2, 0.25) is 10.0 Å². The molecule has 0 unspecified atom stereocenters. The summed E-state index contributed by atoms with van der Waals surface area (Å²) >= 11 is 0. The van der Waals surface area contributed by atoms with Gasteiger partial charge < -0.3 is 0 Å². The molecule has 0 spiro atoms. The number of nitrogens with zero attached hydrogens (tertiary/aromatic N) is 1. The minimum absolute atomic E-state index is 0.277. The van der Waals surface area contributed by atoms with E-state index in [1.165, 1.54) is 37.1 Å². The van der Waals surface area contributed by atoms with Crippen LogP contribution < -0.4 is 4.72 Å². The van der Waals surface area contributed by atoms with Gasteiger partial charge in [0.05, 0.1) is 4.92 Å². The van der Waals surface area contributed by atoms with Crippen LogP contribution in [0.15, 0.2) is 29.2 Å². The minimum atomic E-state index is -3.83. The number of rotatable bonds is 10. The van der Waals surface area contributed by atoms with Crippen molar-refractivity contribution in [2.24, 2.45) is 0 Å². The topological polar surface area (TPSA) is 89.3 Å². The normalized spacial score (nSPS) is 11.5. The van der Waals surface area contributed by atoms with Gasteiger partial charge in [0.1, 0.15) is 0 Å². The monoisotopic (exact) mass is 314 g/mol. The fourth-order valence-corrected chi connectivity index (χ4v) is 3.27. The molecule has 0 fully saturated rings. The molecule has 0 aromatic heterocycles. The van der Waals surface area contributed by atoms with Crippen LogP contribution in [0.5, 0.6) is 0 Å². The van der Waals surface area contributed by atoms with Crippen molar-refractivity contribution in [3.05, 3.63) is 34.4 Å². The summed E-state index contributed by atoms with van der Waals surface area (Å²) in [6, 6.07) is 5.37. The van der Waals surface area contributed by atoms with E-state index in [-0.39, 0.29) is 4.90 Å². The third-order valence-corrected chi connectivity index (χ3v) is 4.68. The van der Waals surface area contributed by atoms with Crippen LogP contribution in [0.25, 0.3) is 0 Å². The van der Waals surface area contributed by atoms with E-state index in [2.05, 4.69) is 11.6 Å². The molecule has 0 heterocycles. The Kier molecular flexibility index (Phi) is 7.31. The lowest BCUT2D eigenvalue weighted by Crippen LogP contribution is -2.25. The average Bonchev–Trinajstić information content (AvgIpc) is 2.46.